The molecule has 0 aliphatic carbocycles. The molecule has 0 saturated heterocycles. The van der Waals surface area contributed by atoms with Crippen molar-refractivity contribution >= 4 is 17.6 Å². The summed E-state index contributed by atoms with van der Waals surface area (Å²) in [5, 5.41) is 2.67. The molecule has 0 atom stereocenters. The highest BCUT2D eigenvalue weighted by atomic mass is 16.5. The van der Waals surface area contributed by atoms with E-state index in [9.17, 15) is 9.59 Å². The Morgan fingerprint density at radius 2 is 1.95 bits per heavy atom. The summed E-state index contributed by atoms with van der Waals surface area (Å²) in [6, 6.07) is 3.47. The lowest BCUT2D eigenvalue weighted by molar-refractivity contribution is -0.140. The fourth-order valence-electron chi connectivity index (χ4n) is 1.18. The third-order valence-corrected chi connectivity index (χ3v) is 1.93. The number of nitrogens with one attached hydrogen (secondary N) is 1. The van der Waals surface area contributed by atoms with Gasteiger partial charge in [0, 0.05) is 19.9 Å². The molecule has 19 heavy (non-hydrogen) atoms. The van der Waals surface area contributed by atoms with E-state index in [0.717, 1.165) is 5.69 Å². The van der Waals surface area contributed by atoms with Crippen LogP contribution in [0.2, 0.25) is 0 Å². The summed E-state index contributed by atoms with van der Waals surface area (Å²) < 4.78 is 9.33. The van der Waals surface area contributed by atoms with E-state index in [-0.39, 0.29) is 11.9 Å². The van der Waals surface area contributed by atoms with Gasteiger partial charge in [-0.25, -0.2) is 4.98 Å². The first kappa shape index (κ1) is 16.9. The normalized spacial score (nSPS) is 8.89. The van der Waals surface area contributed by atoms with Crippen molar-refractivity contribution in [2.24, 2.45) is 0 Å². The summed E-state index contributed by atoms with van der Waals surface area (Å²) >= 11 is 0. The molecule has 0 radical (unpaired) electrons. The van der Waals surface area contributed by atoms with Crippen LogP contribution in [-0.4, -0.2) is 30.6 Å². The van der Waals surface area contributed by atoms with Gasteiger partial charge in [-0.2, -0.15) is 0 Å². The van der Waals surface area contributed by atoms with Crippen LogP contribution in [0.5, 0.6) is 5.88 Å². The molecule has 1 amide bonds. The van der Waals surface area contributed by atoms with E-state index in [4.69, 9.17) is 4.74 Å². The molecule has 6 heteroatoms. The van der Waals surface area contributed by atoms with E-state index >= 15 is 0 Å². The highest BCUT2D eigenvalue weighted by Crippen LogP contribution is 2.16. The number of ether oxygens (including phenoxy) is 2. The largest absolute Gasteiger partial charge is 0.481 e. The minimum atomic E-state index is -0.211. The van der Waals surface area contributed by atoms with Gasteiger partial charge >= 0.3 is 5.97 Å². The third-order valence-electron chi connectivity index (χ3n) is 1.93. The molecule has 1 aromatic heterocycles. The number of aryl methyl sites for hydroxylation is 1. The van der Waals surface area contributed by atoms with E-state index in [1.807, 2.05) is 6.92 Å². The van der Waals surface area contributed by atoms with Crippen LogP contribution in [0.4, 0.5) is 5.69 Å². The van der Waals surface area contributed by atoms with Crippen LogP contribution in [-0.2, 0) is 14.3 Å². The Morgan fingerprint density at radius 1 is 1.32 bits per heavy atom. The second kappa shape index (κ2) is 8.91. The molecule has 0 fully saturated rings. The smallest absolute Gasteiger partial charge is 0.302 e. The number of amides is 1. The van der Waals surface area contributed by atoms with Crippen molar-refractivity contribution < 1.29 is 19.1 Å². The van der Waals surface area contributed by atoms with E-state index < -0.39 is 0 Å². The zero-order valence-corrected chi connectivity index (χ0v) is 11.9. The molecule has 1 aromatic rings. The molecular formula is C13H20N2O4. The predicted octanol–water partition coefficient (Wildman–Crippen LogP) is 1.93. The number of nitrogens with zero attached hydrogens (tertiary/aromatic N) is 1. The van der Waals surface area contributed by atoms with Crippen molar-refractivity contribution in [1.82, 2.24) is 4.98 Å². The van der Waals surface area contributed by atoms with Crippen LogP contribution < -0.4 is 10.1 Å². The number of esters is 1. The maximum absolute atomic E-state index is 10.7. The predicted molar refractivity (Wildman–Crippen MR) is 72.1 cm³/mol. The van der Waals surface area contributed by atoms with Crippen LogP contribution in [0, 0.1) is 6.92 Å². The van der Waals surface area contributed by atoms with Gasteiger partial charge in [0.15, 0.2) is 0 Å². The molecule has 106 valence electrons. The summed E-state index contributed by atoms with van der Waals surface area (Å²) in [7, 11) is 1.56. The summed E-state index contributed by atoms with van der Waals surface area (Å²) in [5.41, 5.74) is 1.46. The third kappa shape index (κ3) is 7.75. The Morgan fingerprint density at radius 3 is 2.26 bits per heavy atom. The molecule has 0 aliphatic rings. The topological polar surface area (TPSA) is 77.5 Å². The van der Waals surface area contributed by atoms with Gasteiger partial charge in [0.05, 0.1) is 25.1 Å². The van der Waals surface area contributed by atoms with Crippen LogP contribution in [0.1, 0.15) is 26.5 Å². The Labute approximate surface area is 113 Å². The molecule has 0 aromatic carbocycles. The van der Waals surface area contributed by atoms with Crippen LogP contribution in [0.25, 0.3) is 0 Å². The van der Waals surface area contributed by atoms with Gasteiger partial charge in [0.2, 0.25) is 11.8 Å². The highest BCUT2D eigenvalue weighted by molar-refractivity contribution is 5.89. The SMILES string of the molecule is CCOC(C)=O.COc1ccc(NC(C)=O)c(C)n1. The summed E-state index contributed by atoms with van der Waals surface area (Å²) in [5.74, 6) is 0.235. The molecule has 1 N–H and O–H groups in total. The van der Waals surface area contributed by atoms with E-state index in [1.54, 1.807) is 26.2 Å². The van der Waals surface area contributed by atoms with Gasteiger partial charge in [0.25, 0.3) is 0 Å². The molecule has 1 heterocycles. The molecule has 0 unspecified atom stereocenters. The van der Waals surface area contributed by atoms with Gasteiger partial charge in [-0.1, -0.05) is 0 Å². The van der Waals surface area contributed by atoms with Crippen LogP contribution >= 0.6 is 0 Å². The van der Waals surface area contributed by atoms with Gasteiger partial charge in [-0.05, 0) is 19.9 Å². The standard InChI is InChI=1S/C9H12N2O2.C4H8O2/c1-6-8(11-7(2)12)4-5-9(10-6)13-3;1-3-6-4(2)5/h4-5H,1-3H3,(H,11,12);3H2,1-2H3. The van der Waals surface area contributed by atoms with Crippen molar-refractivity contribution in [3.63, 3.8) is 0 Å². The zero-order chi connectivity index (χ0) is 14.8. The van der Waals surface area contributed by atoms with Gasteiger partial charge in [0.1, 0.15) is 0 Å². The minimum absolute atomic E-state index is 0.102. The first-order chi connectivity index (χ1) is 8.90. The van der Waals surface area contributed by atoms with Gasteiger partial charge in [-0.3, -0.25) is 9.59 Å². The van der Waals surface area contributed by atoms with Crippen molar-refractivity contribution in [3.05, 3.63) is 17.8 Å². The number of rotatable bonds is 3. The van der Waals surface area contributed by atoms with E-state index in [1.165, 1.54) is 13.8 Å². The number of anilines is 1. The summed E-state index contributed by atoms with van der Waals surface area (Å²) in [6.07, 6.45) is 0. The summed E-state index contributed by atoms with van der Waals surface area (Å²) in [4.78, 5) is 24.7. The molecular weight excluding hydrogens is 248 g/mol. The first-order valence-electron chi connectivity index (χ1n) is 5.83. The molecule has 0 aliphatic heterocycles. The lowest BCUT2D eigenvalue weighted by Crippen LogP contribution is -2.08. The van der Waals surface area contributed by atoms with E-state index in [0.29, 0.717) is 18.2 Å². The molecule has 6 nitrogen and oxygen atoms in total. The second-order valence-electron chi connectivity index (χ2n) is 3.59. The fourth-order valence-corrected chi connectivity index (χ4v) is 1.18. The number of hydrogen-bond acceptors (Lipinski definition) is 5. The number of methoxy groups -OCH3 is 1. The molecule has 1 rings (SSSR count). The Kier molecular flexibility index (Phi) is 7.92. The second-order valence-corrected chi connectivity index (χ2v) is 3.59. The highest BCUT2D eigenvalue weighted by Gasteiger charge is 2.02. The van der Waals surface area contributed by atoms with Crippen molar-refractivity contribution in [2.75, 3.05) is 19.0 Å². The number of hydrogen-bond donors (Lipinski definition) is 1. The monoisotopic (exact) mass is 268 g/mol. The lowest BCUT2D eigenvalue weighted by atomic mass is 10.3. The minimum Gasteiger partial charge on any atom is -0.481 e. The average molecular weight is 268 g/mol. The maximum atomic E-state index is 10.7. The Hall–Kier alpha value is -2.11. The van der Waals surface area contributed by atoms with Crippen molar-refractivity contribution in [1.29, 1.82) is 0 Å². The van der Waals surface area contributed by atoms with Crippen LogP contribution in [0.3, 0.4) is 0 Å². The summed E-state index contributed by atoms with van der Waals surface area (Å²) in [6.45, 7) is 6.93. The number of carbonyl (C=O) groups is 2. The first-order valence-corrected chi connectivity index (χ1v) is 5.83. The Bertz CT molecular complexity index is 433. The molecule has 0 bridgehead atoms. The van der Waals surface area contributed by atoms with Gasteiger partial charge < -0.3 is 14.8 Å². The van der Waals surface area contributed by atoms with E-state index in [2.05, 4.69) is 15.0 Å². The fraction of sp³-hybridized carbons (Fsp3) is 0.462. The molecule has 0 saturated carbocycles. The zero-order valence-electron chi connectivity index (χ0n) is 11.9. The quantitative estimate of drug-likeness (QED) is 0.847. The van der Waals surface area contributed by atoms with Gasteiger partial charge in [-0.15, -0.1) is 0 Å². The average Bonchev–Trinajstić information content (AvgIpc) is 2.32. The molecule has 0 spiro atoms. The Balaban J connectivity index is 0.000000459. The number of aromatic nitrogens is 1. The number of carbonyl (C=O) groups excluding carboxylic acids is 2. The number of pyridine rings is 1. The van der Waals surface area contributed by atoms with Crippen LogP contribution in [0.15, 0.2) is 12.1 Å². The maximum Gasteiger partial charge on any atom is 0.302 e. The van der Waals surface area contributed by atoms with Crippen molar-refractivity contribution in [2.45, 2.75) is 27.7 Å². The lowest BCUT2D eigenvalue weighted by Gasteiger charge is -2.06. The van der Waals surface area contributed by atoms with Crippen molar-refractivity contribution in [3.8, 4) is 5.88 Å².